The summed E-state index contributed by atoms with van der Waals surface area (Å²) in [4.78, 5) is 36.2. The monoisotopic (exact) mass is 385 g/mol. The molecular formula is C20H23N3O5. The van der Waals surface area contributed by atoms with Gasteiger partial charge in [0.25, 0.3) is 0 Å². The topological polar surface area (TPSA) is 108 Å². The number of urea groups is 1. The summed E-state index contributed by atoms with van der Waals surface area (Å²) in [6.45, 7) is 0.209. The largest absolute Gasteiger partial charge is 0.482 e. The average Bonchev–Trinajstić information content (AvgIpc) is 2.67. The number of hydrogen-bond donors (Lipinski definition) is 3. The second kappa shape index (κ2) is 10.6. The van der Waals surface area contributed by atoms with Gasteiger partial charge in [-0.25, -0.2) is 9.59 Å². The molecule has 0 aliphatic rings. The van der Waals surface area contributed by atoms with E-state index in [1.165, 1.54) is 11.0 Å². The van der Waals surface area contributed by atoms with Crippen molar-refractivity contribution in [1.82, 2.24) is 10.2 Å². The molecule has 3 N–H and O–H groups in total. The zero-order chi connectivity index (χ0) is 20.4. The smallest absolute Gasteiger partial charge is 0.341 e. The first-order valence-corrected chi connectivity index (χ1v) is 8.71. The van der Waals surface area contributed by atoms with Crippen LogP contribution < -0.4 is 15.4 Å². The lowest BCUT2D eigenvalue weighted by Crippen LogP contribution is -2.38. The van der Waals surface area contributed by atoms with E-state index >= 15 is 0 Å². The third-order valence-corrected chi connectivity index (χ3v) is 3.72. The number of carboxylic acid groups (broad SMARTS) is 1. The Labute approximate surface area is 163 Å². The van der Waals surface area contributed by atoms with Gasteiger partial charge in [0, 0.05) is 38.3 Å². The van der Waals surface area contributed by atoms with Gasteiger partial charge in [-0.2, -0.15) is 0 Å². The van der Waals surface area contributed by atoms with E-state index in [1.54, 1.807) is 25.2 Å². The number of hydrogen-bond acceptors (Lipinski definition) is 4. The van der Waals surface area contributed by atoms with E-state index in [4.69, 9.17) is 9.84 Å². The Hall–Kier alpha value is -3.55. The van der Waals surface area contributed by atoms with Gasteiger partial charge in [-0.05, 0) is 17.7 Å². The van der Waals surface area contributed by atoms with Crippen LogP contribution in [0.25, 0.3) is 0 Å². The Kier molecular flexibility index (Phi) is 7.83. The van der Waals surface area contributed by atoms with Crippen molar-refractivity contribution in [3.8, 4) is 5.75 Å². The Bertz CT molecular complexity index is 810. The van der Waals surface area contributed by atoms with Gasteiger partial charge < -0.3 is 25.4 Å². The number of nitrogens with zero attached hydrogens (tertiary/aromatic N) is 1. The molecule has 0 aliphatic carbocycles. The highest BCUT2D eigenvalue weighted by molar-refractivity contribution is 5.91. The molecule has 2 aromatic carbocycles. The van der Waals surface area contributed by atoms with E-state index in [0.717, 1.165) is 5.56 Å². The summed E-state index contributed by atoms with van der Waals surface area (Å²) in [7, 11) is 1.69. The lowest BCUT2D eigenvalue weighted by molar-refractivity contribution is -0.139. The standard InChI is InChI=1S/C20H23N3O5/c1-23(13-15-6-3-2-4-7-15)20(27)21-11-10-18(24)22-16-8-5-9-17(12-16)28-14-19(25)26/h2-9,12H,10-11,13-14H2,1H3,(H,21,27)(H,22,24)(H,25,26). The molecule has 0 radical (unpaired) electrons. The summed E-state index contributed by atoms with van der Waals surface area (Å²) in [5, 5.41) is 14.0. The van der Waals surface area contributed by atoms with E-state index in [9.17, 15) is 14.4 Å². The van der Waals surface area contributed by atoms with Gasteiger partial charge in [0.05, 0.1) is 0 Å². The lowest BCUT2D eigenvalue weighted by Gasteiger charge is -2.18. The van der Waals surface area contributed by atoms with Crippen LogP contribution in [0.15, 0.2) is 54.6 Å². The molecule has 0 heterocycles. The third kappa shape index (κ3) is 7.36. The van der Waals surface area contributed by atoms with E-state index < -0.39 is 12.6 Å². The van der Waals surface area contributed by atoms with Crippen molar-refractivity contribution >= 4 is 23.6 Å². The zero-order valence-electron chi connectivity index (χ0n) is 15.6. The van der Waals surface area contributed by atoms with Crippen molar-refractivity contribution in [2.45, 2.75) is 13.0 Å². The quantitative estimate of drug-likeness (QED) is 0.614. The molecule has 0 bridgehead atoms. The number of carbonyl (C=O) groups excluding carboxylic acids is 2. The van der Waals surface area contributed by atoms with Crippen molar-refractivity contribution in [2.24, 2.45) is 0 Å². The maximum Gasteiger partial charge on any atom is 0.341 e. The minimum absolute atomic E-state index is 0.102. The van der Waals surface area contributed by atoms with E-state index in [-0.39, 0.29) is 24.9 Å². The molecule has 8 nitrogen and oxygen atoms in total. The van der Waals surface area contributed by atoms with Gasteiger partial charge in [0.2, 0.25) is 5.91 Å². The summed E-state index contributed by atoms with van der Waals surface area (Å²) in [6.07, 6.45) is 0.102. The minimum atomic E-state index is -1.08. The molecule has 28 heavy (non-hydrogen) atoms. The molecule has 148 valence electrons. The number of anilines is 1. The van der Waals surface area contributed by atoms with E-state index in [2.05, 4.69) is 10.6 Å². The number of aliphatic carboxylic acids is 1. The van der Waals surface area contributed by atoms with Crippen LogP contribution in [0.4, 0.5) is 10.5 Å². The molecule has 0 spiro atoms. The van der Waals surface area contributed by atoms with E-state index in [1.807, 2.05) is 30.3 Å². The first-order valence-electron chi connectivity index (χ1n) is 8.71. The van der Waals surface area contributed by atoms with Crippen molar-refractivity contribution in [1.29, 1.82) is 0 Å². The van der Waals surface area contributed by atoms with Gasteiger partial charge in [-0.3, -0.25) is 4.79 Å². The number of nitrogens with one attached hydrogen (secondary N) is 2. The van der Waals surface area contributed by atoms with Crippen LogP contribution in [0.5, 0.6) is 5.75 Å². The van der Waals surface area contributed by atoms with Crippen molar-refractivity contribution in [2.75, 3.05) is 25.5 Å². The van der Waals surface area contributed by atoms with Crippen LogP contribution in [0.2, 0.25) is 0 Å². The summed E-state index contributed by atoms with van der Waals surface area (Å²) in [6, 6.07) is 15.8. The highest BCUT2D eigenvalue weighted by atomic mass is 16.5. The number of ether oxygens (including phenoxy) is 1. The summed E-state index contributed by atoms with van der Waals surface area (Å²) in [5.74, 6) is -1.01. The second-order valence-corrected chi connectivity index (χ2v) is 6.08. The van der Waals surface area contributed by atoms with Gasteiger partial charge in [0.1, 0.15) is 5.75 Å². The molecule has 0 aromatic heterocycles. The Balaban J connectivity index is 1.72. The molecule has 0 aliphatic heterocycles. The van der Waals surface area contributed by atoms with Crippen molar-refractivity contribution < 1.29 is 24.2 Å². The van der Waals surface area contributed by atoms with Crippen molar-refractivity contribution in [3.63, 3.8) is 0 Å². The summed E-state index contributed by atoms with van der Waals surface area (Å²) in [5.41, 5.74) is 1.50. The predicted molar refractivity (Wildman–Crippen MR) is 104 cm³/mol. The molecule has 8 heteroatoms. The van der Waals surface area contributed by atoms with Crippen LogP contribution in [0.1, 0.15) is 12.0 Å². The highest BCUT2D eigenvalue weighted by Gasteiger charge is 2.10. The predicted octanol–water partition coefficient (Wildman–Crippen LogP) is 2.32. The number of rotatable bonds is 9. The molecule has 0 unspecified atom stereocenters. The van der Waals surface area contributed by atoms with Crippen LogP contribution in [0.3, 0.4) is 0 Å². The van der Waals surface area contributed by atoms with Gasteiger partial charge in [-0.15, -0.1) is 0 Å². The third-order valence-electron chi connectivity index (χ3n) is 3.72. The zero-order valence-corrected chi connectivity index (χ0v) is 15.6. The molecule has 3 amide bonds. The number of benzene rings is 2. The molecular weight excluding hydrogens is 362 g/mol. The normalized spacial score (nSPS) is 10.0. The van der Waals surface area contributed by atoms with Gasteiger partial charge >= 0.3 is 12.0 Å². The molecule has 0 fully saturated rings. The van der Waals surface area contributed by atoms with Gasteiger partial charge in [-0.1, -0.05) is 36.4 Å². The Morgan fingerprint density at radius 1 is 1.07 bits per heavy atom. The van der Waals surface area contributed by atoms with E-state index in [0.29, 0.717) is 18.0 Å². The number of carbonyl (C=O) groups is 3. The van der Waals surface area contributed by atoms with Crippen LogP contribution in [-0.2, 0) is 16.1 Å². The lowest BCUT2D eigenvalue weighted by atomic mass is 10.2. The molecule has 0 saturated carbocycles. The highest BCUT2D eigenvalue weighted by Crippen LogP contribution is 2.17. The second-order valence-electron chi connectivity index (χ2n) is 6.08. The maximum absolute atomic E-state index is 12.1. The van der Waals surface area contributed by atoms with Crippen LogP contribution in [-0.4, -0.2) is 48.1 Å². The molecule has 2 rings (SSSR count). The van der Waals surface area contributed by atoms with Crippen LogP contribution >= 0.6 is 0 Å². The fourth-order valence-electron chi connectivity index (χ4n) is 2.38. The number of carboxylic acids is 1. The Morgan fingerprint density at radius 2 is 1.82 bits per heavy atom. The molecule has 0 atom stereocenters. The fourth-order valence-corrected chi connectivity index (χ4v) is 2.38. The molecule has 2 aromatic rings. The first-order chi connectivity index (χ1) is 13.4. The van der Waals surface area contributed by atoms with Gasteiger partial charge in [0.15, 0.2) is 6.61 Å². The Morgan fingerprint density at radius 3 is 2.54 bits per heavy atom. The number of amides is 3. The molecule has 0 saturated heterocycles. The minimum Gasteiger partial charge on any atom is -0.482 e. The first kappa shape index (κ1) is 20.8. The summed E-state index contributed by atoms with van der Waals surface area (Å²) < 4.78 is 5.06. The van der Waals surface area contributed by atoms with Crippen LogP contribution in [0, 0.1) is 0 Å². The SMILES string of the molecule is CN(Cc1ccccc1)C(=O)NCCC(=O)Nc1cccc(OCC(=O)O)c1. The van der Waals surface area contributed by atoms with Crippen molar-refractivity contribution in [3.05, 3.63) is 60.2 Å². The average molecular weight is 385 g/mol. The maximum atomic E-state index is 12.1. The summed E-state index contributed by atoms with van der Waals surface area (Å²) >= 11 is 0. The fraction of sp³-hybridized carbons (Fsp3) is 0.250.